The second kappa shape index (κ2) is 9.09. The summed E-state index contributed by atoms with van der Waals surface area (Å²) < 4.78 is 10.6. The SMILES string of the molecule is COc1ccc(C(=O)[C@H]2[C@H]3C(=O)N(c4cc([N+](=O)[O-])ccc4OC)C(=O)[C@@H]3[C@H]3c4ccccc4C=CN32)cc1. The molecule has 2 amide bonds. The van der Waals surface area contributed by atoms with Crippen molar-refractivity contribution in [2.75, 3.05) is 19.1 Å². The summed E-state index contributed by atoms with van der Waals surface area (Å²) in [7, 11) is 2.88. The van der Waals surface area contributed by atoms with Crippen LogP contribution in [0.2, 0.25) is 0 Å². The fourth-order valence-corrected chi connectivity index (χ4v) is 5.99. The van der Waals surface area contributed by atoms with Gasteiger partial charge in [-0.15, -0.1) is 0 Å². The van der Waals surface area contributed by atoms with Gasteiger partial charge in [-0.2, -0.15) is 0 Å². The number of hydrogen-bond acceptors (Lipinski definition) is 8. The van der Waals surface area contributed by atoms with E-state index in [0.717, 1.165) is 22.1 Å². The van der Waals surface area contributed by atoms with E-state index in [-0.39, 0.29) is 22.9 Å². The predicted molar refractivity (Wildman–Crippen MR) is 140 cm³/mol. The van der Waals surface area contributed by atoms with Gasteiger partial charge in [-0.1, -0.05) is 24.3 Å². The number of ketones is 1. The van der Waals surface area contributed by atoms with Gasteiger partial charge in [-0.3, -0.25) is 24.5 Å². The first-order valence-electron chi connectivity index (χ1n) is 12.3. The van der Waals surface area contributed by atoms with E-state index in [4.69, 9.17) is 9.47 Å². The lowest BCUT2D eigenvalue weighted by molar-refractivity contribution is -0.384. The van der Waals surface area contributed by atoms with Crippen molar-refractivity contribution in [3.05, 3.63) is 99.7 Å². The van der Waals surface area contributed by atoms with Gasteiger partial charge in [0.15, 0.2) is 5.78 Å². The lowest BCUT2D eigenvalue weighted by Crippen LogP contribution is -2.44. The van der Waals surface area contributed by atoms with E-state index < -0.39 is 40.7 Å². The molecule has 0 aromatic heterocycles. The number of nitro groups is 1. The molecule has 6 rings (SSSR count). The first-order valence-corrected chi connectivity index (χ1v) is 12.3. The molecule has 3 aromatic rings. The van der Waals surface area contributed by atoms with Crippen molar-refractivity contribution in [1.29, 1.82) is 0 Å². The standard InChI is InChI=1S/C29H23N3O7/c1-38-19-10-7-17(8-11-19)27(33)26-24-23(25-20-6-4-3-5-16(20)13-14-30(25)26)28(34)31(29(24)35)21-15-18(32(36)37)9-12-22(21)39-2/h3-15,23-26H,1-2H3/t23-,24-,25+,26+/m0/s1. The third-order valence-electron chi connectivity index (χ3n) is 7.72. The number of amides is 2. The fraction of sp³-hybridized carbons (Fsp3) is 0.207. The third kappa shape index (κ3) is 3.59. The van der Waals surface area contributed by atoms with E-state index in [9.17, 15) is 24.5 Å². The summed E-state index contributed by atoms with van der Waals surface area (Å²) in [4.78, 5) is 55.9. The minimum atomic E-state index is -1.02. The highest BCUT2D eigenvalue weighted by molar-refractivity contribution is 6.25. The van der Waals surface area contributed by atoms with Gasteiger partial charge in [0.2, 0.25) is 11.8 Å². The molecule has 0 radical (unpaired) electrons. The largest absolute Gasteiger partial charge is 0.497 e. The molecule has 3 aliphatic heterocycles. The second-order valence-corrected chi connectivity index (χ2v) is 9.55. The maximum absolute atomic E-state index is 14.1. The molecule has 0 saturated carbocycles. The molecule has 0 spiro atoms. The van der Waals surface area contributed by atoms with Crippen LogP contribution in [0.3, 0.4) is 0 Å². The Kier molecular flexibility index (Phi) is 5.67. The van der Waals surface area contributed by atoms with Gasteiger partial charge in [0, 0.05) is 23.9 Å². The molecule has 3 heterocycles. The molecule has 4 atom stereocenters. The summed E-state index contributed by atoms with van der Waals surface area (Å²) in [5, 5.41) is 11.5. The van der Waals surface area contributed by atoms with Gasteiger partial charge in [-0.05, 0) is 47.5 Å². The highest BCUT2D eigenvalue weighted by atomic mass is 16.6. The fourth-order valence-electron chi connectivity index (χ4n) is 5.99. The molecule has 196 valence electrons. The first kappa shape index (κ1) is 24.4. The van der Waals surface area contributed by atoms with E-state index in [2.05, 4.69) is 0 Å². The molecule has 3 aliphatic rings. The predicted octanol–water partition coefficient (Wildman–Crippen LogP) is 4.01. The van der Waals surface area contributed by atoms with Crippen LogP contribution in [0.1, 0.15) is 27.5 Å². The van der Waals surface area contributed by atoms with Crippen LogP contribution in [0.4, 0.5) is 11.4 Å². The number of carbonyl (C=O) groups is 3. The molecule has 0 N–H and O–H groups in total. The Hall–Kier alpha value is -4.99. The average molecular weight is 526 g/mol. The van der Waals surface area contributed by atoms with E-state index in [0.29, 0.717) is 11.3 Å². The molecule has 0 bridgehead atoms. The molecule has 10 heteroatoms. The Morgan fingerprint density at radius 3 is 2.33 bits per heavy atom. The van der Waals surface area contributed by atoms with Gasteiger partial charge in [-0.25, -0.2) is 4.90 Å². The normalized spacial score (nSPS) is 22.8. The molecule has 2 fully saturated rings. The van der Waals surface area contributed by atoms with Gasteiger partial charge >= 0.3 is 0 Å². The number of methoxy groups -OCH3 is 2. The van der Waals surface area contributed by atoms with Crippen LogP contribution in [0.15, 0.2) is 72.9 Å². The minimum absolute atomic E-state index is 0.0158. The maximum Gasteiger partial charge on any atom is 0.271 e. The summed E-state index contributed by atoms with van der Waals surface area (Å²) in [5.41, 5.74) is 1.79. The number of nitro benzene ring substituents is 1. The van der Waals surface area contributed by atoms with Crippen LogP contribution < -0.4 is 14.4 Å². The van der Waals surface area contributed by atoms with Crippen molar-refractivity contribution in [3.8, 4) is 11.5 Å². The number of nitrogens with zero attached hydrogens (tertiary/aromatic N) is 3. The lowest BCUT2D eigenvalue weighted by atomic mass is 9.83. The summed E-state index contributed by atoms with van der Waals surface area (Å²) in [6, 6.07) is 16.4. The number of fused-ring (bicyclic) bond motifs is 5. The number of imide groups is 1. The molecule has 3 aromatic carbocycles. The van der Waals surface area contributed by atoms with Gasteiger partial charge in [0.25, 0.3) is 5.69 Å². The van der Waals surface area contributed by atoms with Crippen molar-refractivity contribution in [2.24, 2.45) is 11.8 Å². The first-order chi connectivity index (χ1) is 18.8. The Morgan fingerprint density at radius 2 is 1.64 bits per heavy atom. The Morgan fingerprint density at radius 1 is 0.923 bits per heavy atom. The Bertz CT molecular complexity index is 1570. The van der Waals surface area contributed by atoms with Gasteiger partial charge in [0.05, 0.1) is 37.0 Å². The lowest BCUT2D eigenvalue weighted by Gasteiger charge is -2.35. The van der Waals surface area contributed by atoms with Crippen LogP contribution in [0.5, 0.6) is 11.5 Å². The quantitative estimate of drug-likeness (QED) is 0.205. The summed E-state index contributed by atoms with van der Waals surface area (Å²) >= 11 is 0. The second-order valence-electron chi connectivity index (χ2n) is 9.55. The molecule has 10 nitrogen and oxygen atoms in total. The van der Waals surface area contributed by atoms with Crippen molar-refractivity contribution < 1.29 is 28.8 Å². The molecular weight excluding hydrogens is 502 g/mol. The topological polar surface area (TPSA) is 119 Å². The highest BCUT2D eigenvalue weighted by Gasteiger charge is 2.64. The number of rotatable bonds is 6. The molecule has 39 heavy (non-hydrogen) atoms. The molecule has 0 unspecified atom stereocenters. The monoisotopic (exact) mass is 525 g/mol. The number of hydrogen-bond donors (Lipinski definition) is 0. The van der Waals surface area contributed by atoms with Crippen molar-refractivity contribution >= 4 is 35.0 Å². The van der Waals surface area contributed by atoms with E-state index >= 15 is 0 Å². The van der Waals surface area contributed by atoms with Gasteiger partial charge in [0.1, 0.15) is 23.2 Å². The Balaban J connectivity index is 1.50. The van der Waals surface area contributed by atoms with E-state index in [1.165, 1.54) is 26.4 Å². The molecule has 2 saturated heterocycles. The molecular formula is C29H23N3O7. The number of benzene rings is 3. The maximum atomic E-state index is 14.1. The zero-order chi connectivity index (χ0) is 27.4. The van der Waals surface area contributed by atoms with Crippen molar-refractivity contribution in [3.63, 3.8) is 0 Å². The third-order valence-corrected chi connectivity index (χ3v) is 7.72. The number of anilines is 1. The van der Waals surface area contributed by atoms with Crippen molar-refractivity contribution in [1.82, 2.24) is 4.90 Å². The van der Waals surface area contributed by atoms with Crippen molar-refractivity contribution in [2.45, 2.75) is 12.1 Å². The van der Waals surface area contributed by atoms with E-state index in [1.807, 2.05) is 35.2 Å². The highest BCUT2D eigenvalue weighted by Crippen LogP contribution is 2.54. The average Bonchev–Trinajstić information content (AvgIpc) is 3.44. The minimum Gasteiger partial charge on any atom is -0.497 e. The summed E-state index contributed by atoms with van der Waals surface area (Å²) in [6.45, 7) is 0. The number of carbonyl (C=O) groups excluding carboxylic acids is 3. The smallest absolute Gasteiger partial charge is 0.271 e. The summed E-state index contributed by atoms with van der Waals surface area (Å²) in [6.07, 6.45) is 3.65. The van der Waals surface area contributed by atoms with Crippen LogP contribution >= 0.6 is 0 Å². The van der Waals surface area contributed by atoms with Crippen LogP contribution in [0, 0.1) is 22.0 Å². The zero-order valence-electron chi connectivity index (χ0n) is 21.0. The summed E-state index contributed by atoms with van der Waals surface area (Å²) in [5.74, 6) is -2.63. The van der Waals surface area contributed by atoms with Crippen LogP contribution in [0.25, 0.3) is 6.08 Å². The zero-order valence-corrected chi connectivity index (χ0v) is 21.0. The van der Waals surface area contributed by atoms with Crippen LogP contribution in [-0.4, -0.2) is 47.7 Å². The van der Waals surface area contributed by atoms with Gasteiger partial charge < -0.3 is 14.4 Å². The van der Waals surface area contributed by atoms with E-state index in [1.54, 1.807) is 30.5 Å². The van der Waals surface area contributed by atoms with Crippen LogP contribution in [-0.2, 0) is 9.59 Å². The number of Topliss-reactive ketones (excluding diaryl/α,β-unsaturated/α-hetero) is 1. The number of ether oxygens (including phenoxy) is 2. The molecule has 0 aliphatic carbocycles. The Labute approximate surface area is 223 Å². The number of non-ortho nitro benzene ring substituents is 1.